The quantitative estimate of drug-likeness (QED) is 0.774. The fraction of sp³-hybridized carbons (Fsp3) is 0.200. The largest absolute Gasteiger partial charge is 0.516 e. The van der Waals surface area contributed by atoms with E-state index in [-0.39, 0.29) is 32.7 Å². The second kappa shape index (κ2) is 6.93. The second-order valence-corrected chi connectivity index (χ2v) is 3.77. The van der Waals surface area contributed by atoms with Crippen LogP contribution in [0.4, 0.5) is 0 Å². The van der Waals surface area contributed by atoms with E-state index >= 15 is 0 Å². The average molecular weight is 300 g/mol. The molecule has 0 spiro atoms. The van der Waals surface area contributed by atoms with Gasteiger partial charge < -0.3 is 4.74 Å². The number of aryl methyl sites for hydroxylation is 2. The van der Waals surface area contributed by atoms with Crippen molar-refractivity contribution in [2.45, 2.75) is 20.3 Å². The van der Waals surface area contributed by atoms with Crippen LogP contribution in [-0.4, -0.2) is 0 Å². The number of hydrogen-bond donors (Lipinski definition) is 0. The first kappa shape index (κ1) is 14.4. The first-order valence-electron chi connectivity index (χ1n) is 5.53. The fourth-order valence-electron chi connectivity index (χ4n) is 1.57. The van der Waals surface area contributed by atoms with Gasteiger partial charge in [0.2, 0.25) is 0 Å². The summed E-state index contributed by atoms with van der Waals surface area (Å²) in [7, 11) is 0. The van der Waals surface area contributed by atoms with Gasteiger partial charge in [0.25, 0.3) is 0 Å². The predicted octanol–water partition coefficient (Wildman–Crippen LogP) is 4.15. The number of para-hydroxylation sites is 1. The van der Waals surface area contributed by atoms with Crippen molar-refractivity contribution in [2.75, 3.05) is 0 Å². The molecule has 1 nitrogen and oxygen atoms in total. The summed E-state index contributed by atoms with van der Waals surface area (Å²) in [4.78, 5) is 0. The van der Waals surface area contributed by atoms with Gasteiger partial charge in [-0.15, -0.1) is 12.1 Å². The number of ether oxygens (including phenoxy) is 1. The van der Waals surface area contributed by atoms with E-state index in [0.717, 1.165) is 23.5 Å². The van der Waals surface area contributed by atoms with E-state index in [0.29, 0.717) is 0 Å². The van der Waals surface area contributed by atoms with Crippen LogP contribution in [0, 0.1) is 13.0 Å². The van der Waals surface area contributed by atoms with Gasteiger partial charge in [-0.1, -0.05) is 32.0 Å². The second-order valence-electron chi connectivity index (χ2n) is 3.77. The molecular formula is C15H15OY-. The minimum atomic E-state index is 0. The molecule has 0 N–H and O–H groups in total. The Morgan fingerprint density at radius 1 is 1.12 bits per heavy atom. The van der Waals surface area contributed by atoms with Crippen molar-refractivity contribution in [1.29, 1.82) is 0 Å². The standard InChI is InChI=1S/C15H15O.Y/c1-3-13-6-4-5-7-15(13)16-14-10-8-12(2)9-11-14;/h4-8,10-11H,3H2,1-2H3;/q-1;. The normalized spacial score (nSPS) is 9.53. The van der Waals surface area contributed by atoms with Gasteiger partial charge in [0.15, 0.2) is 0 Å². The molecule has 0 aliphatic rings. The topological polar surface area (TPSA) is 9.23 Å². The first-order valence-corrected chi connectivity index (χ1v) is 5.53. The third kappa shape index (κ3) is 3.94. The molecule has 0 heterocycles. The van der Waals surface area contributed by atoms with Crippen molar-refractivity contribution in [3.05, 3.63) is 59.7 Å². The van der Waals surface area contributed by atoms with Crippen LogP contribution in [0.15, 0.2) is 42.5 Å². The zero-order valence-electron chi connectivity index (χ0n) is 10.2. The van der Waals surface area contributed by atoms with Crippen LogP contribution in [-0.2, 0) is 39.1 Å². The molecule has 0 atom stereocenters. The van der Waals surface area contributed by atoms with Crippen molar-refractivity contribution in [3.8, 4) is 11.5 Å². The zero-order chi connectivity index (χ0) is 11.4. The molecule has 1 radical (unpaired) electrons. The summed E-state index contributed by atoms with van der Waals surface area (Å²) in [5.74, 6) is 1.77. The van der Waals surface area contributed by atoms with Crippen molar-refractivity contribution >= 4 is 0 Å². The van der Waals surface area contributed by atoms with Crippen LogP contribution in [0.5, 0.6) is 11.5 Å². The van der Waals surface area contributed by atoms with Gasteiger partial charge in [0.05, 0.1) is 0 Å². The molecule has 0 bridgehead atoms. The van der Waals surface area contributed by atoms with Crippen LogP contribution >= 0.6 is 0 Å². The zero-order valence-corrected chi connectivity index (χ0v) is 13.1. The van der Waals surface area contributed by atoms with Crippen molar-refractivity contribution in [1.82, 2.24) is 0 Å². The van der Waals surface area contributed by atoms with Crippen LogP contribution in [0.1, 0.15) is 18.1 Å². The Labute approximate surface area is 128 Å². The monoisotopic (exact) mass is 300 g/mol. The maximum Gasteiger partial charge on any atom is 0.114 e. The van der Waals surface area contributed by atoms with Gasteiger partial charge in [0, 0.05) is 38.5 Å². The third-order valence-electron chi connectivity index (χ3n) is 2.52. The third-order valence-corrected chi connectivity index (χ3v) is 2.52. The molecule has 2 heteroatoms. The van der Waals surface area contributed by atoms with Gasteiger partial charge in [-0.2, -0.15) is 17.7 Å². The van der Waals surface area contributed by atoms with Crippen molar-refractivity contribution < 1.29 is 37.4 Å². The summed E-state index contributed by atoms with van der Waals surface area (Å²) in [6.07, 6.45) is 0.978. The molecule has 0 saturated heterocycles. The molecule has 0 unspecified atom stereocenters. The molecule has 0 saturated carbocycles. The molecule has 85 valence electrons. The summed E-state index contributed by atoms with van der Waals surface area (Å²) >= 11 is 0. The molecule has 0 fully saturated rings. The summed E-state index contributed by atoms with van der Waals surface area (Å²) < 4.78 is 5.82. The maximum absolute atomic E-state index is 5.82. The van der Waals surface area contributed by atoms with Gasteiger partial charge >= 0.3 is 0 Å². The Bertz CT molecular complexity index is 463. The minimum Gasteiger partial charge on any atom is -0.516 e. The Kier molecular flexibility index (Phi) is 5.87. The molecule has 17 heavy (non-hydrogen) atoms. The van der Waals surface area contributed by atoms with E-state index in [4.69, 9.17) is 4.74 Å². The molecule has 0 aromatic heterocycles. The summed E-state index contributed by atoms with van der Waals surface area (Å²) in [5, 5.41) is 0. The van der Waals surface area contributed by atoms with E-state index in [2.05, 4.69) is 19.1 Å². The fourth-order valence-corrected chi connectivity index (χ4v) is 1.57. The van der Waals surface area contributed by atoms with Gasteiger partial charge in [-0.25, -0.2) is 0 Å². The molecule has 0 amide bonds. The molecule has 2 aromatic carbocycles. The van der Waals surface area contributed by atoms with Crippen LogP contribution in [0.25, 0.3) is 0 Å². The van der Waals surface area contributed by atoms with E-state index in [1.165, 1.54) is 5.56 Å². The van der Waals surface area contributed by atoms with Crippen molar-refractivity contribution in [2.24, 2.45) is 0 Å². The van der Waals surface area contributed by atoms with E-state index < -0.39 is 0 Å². The Morgan fingerprint density at radius 3 is 2.53 bits per heavy atom. The molecule has 0 aliphatic carbocycles. The maximum atomic E-state index is 5.82. The summed E-state index contributed by atoms with van der Waals surface area (Å²) in [6, 6.07) is 17.1. The number of hydrogen-bond acceptors (Lipinski definition) is 1. The number of rotatable bonds is 3. The van der Waals surface area contributed by atoms with Crippen LogP contribution in [0.3, 0.4) is 0 Å². The molecule has 2 aromatic rings. The first-order chi connectivity index (χ1) is 7.79. The van der Waals surface area contributed by atoms with Crippen LogP contribution < -0.4 is 4.74 Å². The van der Waals surface area contributed by atoms with Crippen LogP contribution in [0.2, 0.25) is 0 Å². The van der Waals surface area contributed by atoms with E-state index in [1.807, 2.05) is 43.3 Å². The predicted molar refractivity (Wildman–Crippen MR) is 65.9 cm³/mol. The summed E-state index contributed by atoms with van der Waals surface area (Å²) in [6.45, 7) is 4.15. The smallest absolute Gasteiger partial charge is 0.114 e. The Balaban J connectivity index is 0.00000144. The Morgan fingerprint density at radius 2 is 1.88 bits per heavy atom. The SMILES string of the molecule is CCc1ccccc1Oc1c[c-]c(C)cc1.[Y]. The molecular weight excluding hydrogens is 285 g/mol. The molecule has 0 aliphatic heterocycles. The van der Waals surface area contributed by atoms with E-state index in [9.17, 15) is 0 Å². The van der Waals surface area contributed by atoms with Gasteiger partial charge in [-0.05, 0) is 18.1 Å². The van der Waals surface area contributed by atoms with E-state index in [1.54, 1.807) is 0 Å². The molecule has 2 rings (SSSR count). The number of benzene rings is 2. The minimum absolute atomic E-state index is 0. The van der Waals surface area contributed by atoms with Crippen molar-refractivity contribution in [3.63, 3.8) is 0 Å². The Hall–Kier alpha value is -0.656. The average Bonchev–Trinajstić information content (AvgIpc) is 2.33. The van der Waals surface area contributed by atoms with Gasteiger partial charge in [0.1, 0.15) is 5.75 Å². The van der Waals surface area contributed by atoms with Gasteiger partial charge in [-0.3, -0.25) is 0 Å². The summed E-state index contributed by atoms with van der Waals surface area (Å²) in [5.41, 5.74) is 2.35.